The minimum absolute atomic E-state index is 0.00617. The van der Waals surface area contributed by atoms with E-state index in [1.165, 1.54) is 12.1 Å². The van der Waals surface area contributed by atoms with E-state index in [9.17, 15) is 4.39 Å². The highest BCUT2D eigenvalue weighted by atomic mass is 19.1. The molecule has 0 unspecified atom stereocenters. The predicted molar refractivity (Wildman–Crippen MR) is 118 cm³/mol. The first-order valence-corrected chi connectivity index (χ1v) is 10.7. The highest BCUT2D eigenvalue weighted by Crippen LogP contribution is 2.45. The minimum atomic E-state index is -0.575. The minimum Gasteiger partial charge on any atom is -0.350 e. The molecule has 3 aromatic rings. The summed E-state index contributed by atoms with van der Waals surface area (Å²) in [6, 6.07) is 15.0. The lowest BCUT2D eigenvalue weighted by Gasteiger charge is -2.34. The molecule has 4 heteroatoms. The number of benzene rings is 2. The van der Waals surface area contributed by atoms with E-state index >= 15 is 0 Å². The molecule has 0 radical (unpaired) electrons. The zero-order valence-electron chi connectivity index (χ0n) is 17.4. The van der Waals surface area contributed by atoms with Crippen LogP contribution in [0.5, 0.6) is 0 Å². The Bertz CT molecular complexity index is 1100. The summed E-state index contributed by atoms with van der Waals surface area (Å²) in [6.45, 7) is 4.58. The average molecular weight is 403 g/mol. The summed E-state index contributed by atoms with van der Waals surface area (Å²) in [5.41, 5.74) is 5.36. The maximum Gasteiger partial charge on any atom is 0.163 e. The van der Waals surface area contributed by atoms with E-state index in [4.69, 9.17) is 14.5 Å². The van der Waals surface area contributed by atoms with Crippen LogP contribution in [0.1, 0.15) is 50.3 Å². The fourth-order valence-electron chi connectivity index (χ4n) is 4.23. The van der Waals surface area contributed by atoms with Crippen molar-refractivity contribution in [3.05, 3.63) is 71.7 Å². The average Bonchev–Trinajstić information content (AvgIpc) is 3.57. The number of hydrogen-bond donors (Lipinski definition) is 0. The van der Waals surface area contributed by atoms with Gasteiger partial charge in [-0.3, -0.25) is 4.98 Å². The third kappa shape index (κ3) is 3.90. The van der Waals surface area contributed by atoms with E-state index in [2.05, 4.69) is 24.3 Å². The first-order valence-electron chi connectivity index (χ1n) is 10.7. The first-order chi connectivity index (χ1) is 14.5. The van der Waals surface area contributed by atoms with E-state index in [1.54, 1.807) is 0 Å². The van der Waals surface area contributed by atoms with Gasteiger partial charge < -0.3 is 9.47 Å². The predicted octanol–water partition coefficient (Wildman–Crippen LogP) is 6.47. The monoisotopic (exact) mass is 403 g/mol. The molecule has 0 N–H and O–H groups in total. The molecule has 1 saturated carbocycles. The number of nitrogens with zero attached hydrogens (tertiary/aromatic N) is 1. The molecule has 1 aromatic heterocycles. The van der Waals surface area contributed by atoms with Gasteiger partial charge in [-0.2, -0.15) is 0 Å². The Morgan fingerprint density at radius 1 is 1.03 bits per heavy atom. The summed E-state index contributed by atoms with van der Waals surface area (Å²) in [7, 11) is 0. The van der Waals surface area contributed by atoms with Gasteiger partial charge >= 0.3 is 0 Å². The molecule has 2 heterocycles. The van der Waals surface area contributed by atoms with E-state index < -0.39 is 5.79 Å². The lowest BCUT2D eigenvalue weighted by Crippen LogP contribution is -2.38. The van der Waals surface area contributed by atoms with Crippen molar-refractivity contribution in [3.8, 4) is 11.1 Å². The Kier molecular flexibility index (Phi) is 4.92. The fourth-order valence-corrected chi connectivity index (χ4v) is 4.23. The molecule has 0 spiro atoms. The molecule has 5 rings (SSSR count). The Morgan fingerprint density at radius 3 is 2.53 bits per heavy atom. The first kappa shape index (κ1) is 19.4. The highest BCUT2D eigenvalue weighted by Gasteiger charge is 2.31. The maximum absolute atomic E-state index is 13.6. The van der Waals surface area contributed by atoms with Gasteiger partial charge in [-0.05, 0) is 50.5 Å². The van der Waals surface area contributed by atoms with Crippen LogP contribution >= 0.6 is 0 Å². The second-order valence-corrected chi connectivity index (χ2v) is 8.64. The highest BCUT2D eigenvalue weighted by molar-refractivity contribution is 5.99. The third-order valence-corrected chi connectivity index (χ3v) is 5.82. The van der Waals surface area contributed by atoms with Gasteiger partial charge in [0.25, 0.3) is 0 Å². The molecule has 0 bridgehead atoms. The van der Waals surface area contributed by atoms with E-state index in [1.807, 2.05) is 38.1 Å². The molecule has 2 aliphatic rings. The van der Waals surface area contributed by atoms with Crippen molar-refractivity contribution in [3.63, 3.8) is 0 Å². The van der Waals surface area contributed by atoms with Crippen LogP contribution in [-0.2, 0) is 9.47 Å². The van der Waals surface area contributed by atoms with Crippen molar-refractivity contribution in [2.45, 2.75) is 50.9 Å². The van der Waals surface area contributed by atoms with Gasteiger partial charge in [0, 0.05) is 28.9 Å². The Balaban J connectivity index is 1.67. The number of rotatable bonds is 4. The number of aromatic nitrogens is 1. The van der Waals surface area contributed by atoms with Crippen LogP contribution in [0.4, 0.5) is 4.39 Å². The lowest BCUT2D eigenvalue weighted by atomic mass is 9.92. The molecular weight excluding hydrogens is 377 g/mol. The van der Waals surface area contributed by atoms with Gasteiger partial charge in [-0.1, -0.05) is 42.5 Å². The molecule has 30 heavy (non-hydrogen) atoms. The van der Waals surface area contributed by atoms with Gasteiger partial charge in [-0.15, -0.1) is 0 Å². The van der Waals surface area contributed by atoms with Gasteiger partial charge in [0.05, 0.1) is 23.9 Å². The molecule has 3 nitrogen and oxygen atoms in total. The Hall–Kier alpha value is -2.56. The summed E-state index contributed by atoms with van der Waals surface area (Å²) in [6.07, 6.45) is 7.44. The third-order valence-electron chi connectivity index (χ3n) is 5.82. The van der Waals surface area contributed by atoms with Crippen molar-refractivity contribution in [1.29, 1.82) is 0 Å². The number of fused-ring (bicyclic) bond motifs is 1. The summed E-state index contributed by atoms with van der Waals surface area (Å²) in [4.78, 5) is 5.04. The van der Waals surface area contributed by atoms with Crippen molar-refractivity contribution in [1.82, 2.24) is 4.98 Å². The standard InChI is InChI=1S/C26H26FNO2/c1-26(2)29-16-15-20(30-26)13-14-22-24(17-9-11-19(27)12-10-17)21-5-3-4-6-23(21)28-25(22)18-7-8-18/h3-6,9-14,18,20H,7-8,15-16H2,1-2H3/t20-/m1/s1. The number of ether oxygens (including phenoxy) is 2. The second-order valence-electron chi connectivity index (χ2n) is 8.64. The van der Waals surface area contributed by atoms with E-state index in [-0.39, 0.29) is 11.9 Å². The normalized spacial score (nSPS) is 21.4. The maximum atomic E-state index is 13.6. The summed E-state index contributed by atoms with van der Waals surface area (Å²) >= 11 is 0. The molecule has 1 saturated heterocycles. The van der Waals surface area contributed by atoms with Gasteiger partial charge in [0.15, 0.2) is 5.79 Å². The zero-order valence-corrected chi connectivity index (χ0v) is 17.4. The molecule has 1 atom stereocenters. The topological polar surface area (TPSA) is 31.4 Å². The van der Waals surface area contributed by atoms with Crippen LogP contribution in [0.3, 0.4) is 0 Å². The number of halogens is 1. The van der Waals surface area contributed by atoms with Crippen LogP contribution in [0.2, 0.25) is 0 Å². The molecule has 2 aromatic carbocycles. The zero-order chi connectivity index (χ0) is 20.7. The van der Waals surface area contributed by atoms with E-state index in [0.29, 0.717) is 12.5 Å². The van der Waals surface area contributed by atoms with E-state index in [0.717, 1.165) is 52.5 Å². The lowest BCUT2D eigenvalue weighted by molar-refractivity contribution is -0.262. The molecule has 0 amide bonds. The van der Waals surface area contributed by atoms with Crippen LogP contribution < -0.4 is 0 Å². The van der Waals surface area contributed by atoms with Crippen molar-refractivity contribution in [2.24, 2.45) is 0 Å². The van der Waals surface area contributed by atoms with Gasteiger partial charge in [-0.25, -0.2) is 4.39 Å². The quantitative estimate of drug-likeness (QED) is 0.500. The SMILES string of the molecule is CC1(C)OCC[C@@H](C=Cc2c(C3CC3)nc3ccccc3c2-c2ccc(F)cc2)O1. The fraction of sp³-hybridized carbons (Fsp3) is 0.346. The van der Waals surface area contributed by atoms with Crippen molar-refractivity contribution < 1.29 is 13.9 Å². The summed E-state index contributed by atoms with van der Waals surface area (Å²) < 4.78 is 25.4. The second kappa shape index (κ2) is 7.60. The van der Waals surface area contributed by atoms with Crippen molar-refractivity contribution in [2.75, 3.05) is 6.61 Å². The van der Waals surface area contributed by atoms with Crippen LogP contribution in [0.15, 0.2) is 54.6 Å². The smallest absolute Gasteiger partial charge is 0.163 e. The molecule has 1 aliphatic heterocycles. The number of para-hydroxylation sites is 1. The molecular formula is C26H26FNO2. The molecule has 154 valence electrons. The largest absolute Gasteiger partial charge is 0.350 e. The van der Waals surface area contributed by atoms with Crippen molar-refractivity contribution >= 4 is 17.0 Å². The van der Waals surface area contributed by atoms with Crippen LogP contribution in [0, 0.1) is 5.82 Å². The molecule has 2 fully saturated rings. The Morgan fingerprint density at radius 2 is 1.80 bits per heavy atom. The number of hydrogen-bond acceptors (Lipinski definition) is 3. The Labute approximate surface area is 176 Å². The van der Waals surface area contributed by atoms with Crippen LogP contribution in [-0.4, -0.2) is 23.5 Å². The summed E-state index contributed by atoms with van der Waals surface area (Å²) in [5.74, 6) is -0.316. The summed E-state index contributed by atoms with van der Waals surface area (Å²) in [5, 5.41) is 1.08. The van der Waals surface area contributed by atoms with Gasteiger partial charge in [0.1, 0.15) is 5.82 Å². The number of pyridine rings is 1. The molecule has 1 aliphatic carbocycles. The van der Waals surface area contributed by atoms with Crippen LogP contribution in [0.25, 0.3) is 28.1 Å². The van der Waals surface area contributed by atoms with Gasteiger partial charge in [0.2, 0.25) is 0 Å².